The summed E-state index contributed by atoms with van der Waals surface area (Å²) >= 11 is 0. The number of aromatic nitrogens is 1. The molecule has 0 aliphatic rings. The molecular formula is C11H14N3O2. The third-order valence-electron chi connectivity index (χ3n) is 2.17. The summed E-state index contributed by atoms with van der Waals surface area (Å²) in [6.07, 6.45) is 2.70. The Morgan fingerprint density at radius 2 is 2.44 bits per heavy atom. The first-order valence-electron chi connectivity index (χ1n) is 5.02. The van der Waals surface area contributed by atoms with Gasteiger partial charge in [0.25, 0.3) is 0 Å². The first-order chi connectivity index (χ1) is 7.69. The third kappa shape index (κ3) is 3.05. The number of hydrogen-bond acceptors (Lipinski definition) is 4. The maximum absolute atomic E-state index is 10.2. The van der Waals surface area contributed by atoms with Gasteiger partial charge in [0.1, 0.15) is 11.9 Å². The Labute approximate surface area is 94.1 Å². The predicted octanol–water partition coefficient (Wildman–Crippen LogP) is 1.29. The number of rotatable bonds is 6. The molecule has 0 saturated heterocycles. The number of amidine groups is 1. The van der Waals surface area contributed by atoms with Gasteiger partial charge in [-0.1, -0.05) is 13.3 Å². The minimum absolute atomic E-state index is 0.0334. The van der Waals surface area contributed by atoms with Gasteiger partial charge >= 0.3 is 6.47 Å². The van der Waals surface area contributed by atoms with E-state index in [-0.39, 0.29) is 11.9 Å². The minimum atomic E-state index is -0.372. The standard InChI is InChI=1S/C11H14N3O2/c1-2-3-10(16-7-15)9-5-4-8(6-14-9)11(12)13/h4-6,10H,2-3H2,1H3,(H3,12,13). The number of nitrogens with one attached hydrogen (secondary N) is 1. The molecule has 1 radical (unpaired) electrons. The van der Waals surface area contributed by atoms with E-state index in [9.17, 15) is 4.79 Å². The fourth-order valence-electron chi connectivity index (χ4n) is 1.34. The van der Waals surface area contributed by atoms with Crippen LogP contribution in [-0.4, -0.2) is 17.3 Å². The number of nitrogens with two attached hydrogens (primary N) is 1. The van der Waals surface area contributed by atoms with Crippen molar-refractivity contribution in [2.75, 3.05) is 0 Å². The van der Waals surface area contributed by atoms with Gasteiger partial charge in [-0.05, 0) is 18.6 Å². The van der Waals surface area contributed by atoms with E-state index in [0.717, 1.165) is 6.42 Å². The lowest BCUT2D eigenvalue weighted by molar-refractivity contribution is 0.164. The topological polar surface area (TPSA) is 89.1 Å². The Morgan fingerprint density at radius 1 is 1.69 bits per heavy atom. The summed E-state index contributed by atoms with van der Waals surface area (Å²) in [7, 11) is 0. The smallest absolute Gasteiger partial charge is 0.418 e. The molecule has 5 heteroatoms. The van der Waals surface area contributed by atoms with Crippen molar-refractivity contribution in [3.8, 4) is 0 Å². The van der Waals surface area contributed by atoms with Crippen molar-refractivity contribution in [1.82, 2.24) is 4.98 Å². The van der Waals surface area contributed by atoms with Crippen molar-refractivity contribution in [2.45, 2.75) is 25.9 Å². The van der Waals surface area contributed by atoms with Crippen molar-refractivity contribution in [1.29, 1.82) is 5.41 Å². The molecule has 1 heterocycles. The molecule has 5 nitrogen and oxygen atoms in total. The summed E-state index contributed by atoms with van der Waals surface area (Å²) in [6.45, 7) is 3.42. The van der Waals surface area contributed by atoms with Crippen LogP contribution in [0.4, 0.5) is 0 Å². The lowest BCUT2D eigenvalue weighted by atomic mass is 10.1. The van der Waals surface area contributed by atoms with Gasteiger partial charge in [0.05, 0.1) is 5.69 Å². The molecule has 0 fully saturated rings. The molecule has 0 aromatic carbocycles. The lowest BCUT2D eigenvalue weighted by Crippen LogP contribution is -2.12. The van der Waals surface area contributed by atoms with Crippen LogP contribution in [0.15, 0.2) is 18.3 Å². The molecule has 0 amide bonds. The molecule has 0 bridgehead atoms. The second kappa shape index (κ2) is 5.85. The third-order valence-corrected chi connectivity index (χ3v) is 2.17. The highest BCUT2D eigenvalue weighted by Gasteiger charge is 2.13. The van der Waals surface area contributed by atoms with Gasteiger partial charge in [0.15, 0.2) is 0 Å². The second-order valence-electron chi connectivity index (χ2n) is 3.36. The molecule has 0 aliphatic heterocycles. The van der Waals surface area contributed by atoms with Crippen molar-refractivity contribution in [3.63, 3.8) is 0 Å². The number of ether oxygens (including phenoxy) is 1. The maximum Gasteiger partial charge on any atom is 0.418 e. The quantitative estimate of drug-likeness (QED) is 0.558. The van der Waals surface area contributed by atoms with E-state index in [1.807, 2.05) is 6.92 Å². The summed E-state index contributed by atoms with van der Waals surface area (Å²) < 4.78 is 4.82. The lowest BCUT2D eigenvalue weighted by Gasteiger charge is -2.12. The molecule has 3 N–H and O–H groups in total. The normalized spacial score (nSPS) is 11.8. The molecule has 0 aliphatic carbocycles. The van der Waals surface area contributed by atoms with Gasteiger partial charge in [-0.25, -0.2) is 4.79 Å². The Morgan fingerprint density at radius 3 is 2.88 bits per heavy atom. The highest BCUT2D eigenvalue weighted by Crippen LogP contribution is 2.19. The van der Waals surface area contributed by atoms with Crippen molar-refractivity contribution in [2.24, 2.45) is 5.73 Å². The average molecular weight is 220 g/mol. The first kappa shape index (κ1) is 12.2. The van der Waals surface area contributed by atoms with Gasteiger partial charge in [-0.3, -0.25) is 10.4 Å². The van der Waals surface area contributed by atoms with E-state index in [1.165, 1.54) is 12.7 Å². The number of nitrogens with zero attached hydrogens (tertiary/aromatic N) is 1. The van der Waals surface area contributed by atoms with Gasteiger partial charge in [-0.15, -0.1) is 0 Å². The molecular weight excluding hydrogens is 206 g/mol. The SMILES string of the molecule is CCCC(O[C]=O)c1ccc(C(=N)N)cn1. The van der Waals surface area contributed by atoms with Crippen LogP contribution in [0.1, 0.15) is 37.1 Å². The van der Waals surface area contributed by atoms with Crippen LogP contribution in [0.3, 0.4) is 0 Å². The first-order valence-corrected chi connectivity index (χ1v) is 5.02. The van der Waals surface area contributed by atoms with Crippen molar-refractivity contribution < 1.29 is 9.53 Å². The van der Waals surface area contributed by atoms with E-state index < -0.39 is 0 Å². The van der Waals surface area contributed by atoms with E-state index in [2.05, 4.69) is 4.98 Å². The monoisotopic (exact) mass is 220 g/mol. The Balaban J connectivity index is 2.84. The van der Waals surface area contributed by atoms with E-state index in [0.29, 0.717) is 17.7 Å². The second-order valence-corrected chi connectivity index (χ2v) is 3.36. The molecule has 1 aromatic rings. The summed E-state index contributed by atoms with van der Waals surface area (Å²) in [5.41, 5.74) is 6.51. The summed E-state index contributed by atoms with van der Waals surface area (Å²) in [5, 5.41) is 7.22. The molecule has 0 saturated carbocycles. The summed E-state index contributed by atoms with van der Waals surface area (Å²) in [5.74, 6) is -0.0334. The zero-order valence-electron chi connectivity index (χ0n) is 9.06. The van der Waals surface area contributed by atoms with E-state index in [4.69, 9.17) is 15.9 Å². The molecule has 16 heavy (non-hydrogen) atoms. The number of pyridine rings is 1. The van der Waals surface area contributed by atoms with Gasteiger partial charge in [0, 0.05) is 11.8 Å². The highest BCUT2D eigenvalue weighted by atomic mass is 16.5. The number of hydrogen-bond donors (Lipinski definition) is 2. The van der Waals surface area contributed by atoms with Crippen LogP contribution in [0, 0.1) is 5.41 Å². The van der Waals surface area contributed by atoms with E-state index >= 15 is 0 Å². The Kier molecular flexibility index (Phi) is 4.44. The van der Waals surface area contributed by atoms with Crippen LogP contribution in [-0.2, 0) is 9.53 Å². The summed E-state index contributed by atoms with van der Waals surface area (Å²) in [6, 6.07) is 3.38. The average Bonchev–Trinajstić information content (AvgIpc) is 2.29. The summed E-state index contributed by atoms with van der Waals surface area (Å²) in [4.78, 5) is 14.3. The van der Waals surface area contributed by atoms with Crippen molar-refractivity contribution in [3.05, 3.63) is 29.6 Å². The fraction of sp³-hybridized carbons (Fsp3) is 0.364. The van der Waals surface area contributed by atoms with Crippen LogP contribution >= 0.6 is 0 Å². The zero-order valence-corrected chi connectivity index (χ0v) is 9.06. The number of carbonyl (C=O) groups excluding carboxylic acids is 1. The molecule has 85 valence electrons. The van der Waals surface area contributed by atoms with Crippen LogP contribution < -0.4 is 5.73 Å². The van der Waals surface area contributed by atoms with Crippen LogP contribution in [0.5, 0.6) is 0 Å². The van der Waals surface area contributed by atoms with Gasteiger partial charge < -0.3 is 10.5 Å². The molecule has 1 unspecified atom stereocenters. The van der Waals surface area contributed by atoms with Crippen molar-refractivity contribution >= 4 is 12.3 Å². The molecule has 1 aromatic heterocycles. The Bertz CT molecular complexity index is 362. The maximum atomic E-state index is 10.2. The van der Waals surface area contributed by atoms with Gasteiger partial charge in [0.2, 0.25) is 0 Å². The Hall–Kier alpha value is -1.91. The minimum Gasteiger partial charge on any atom is -0.447 e. The van der Waals surface area contributed by atoms with Gasteiger partial charge in [-0.2, -0.15) is 0 Å². The molecule has 0 spiro atoms. The fourth-order valence-corrected chi connectivity index (χ4v) is 1.34. The zero-order chi connectivity index (χ0) is 12.0. The van der Waals surface area contributed by atoms with E-state index in [1.54, 1.807) is 12.1 Å². The largest absolute Gasteiger partial charge is 0.447 e. The highest BCUT2D eigenvalue weighted by molar-refractivity contribution is 5.94. The number of nitrogen functional groups attached to an aromatic ring is 1. The van der Waals surface area contributed by atoms with Crippen LogP contribution in [0.2, 0.25) is 0 Å². The molecule has 1 rings (SSSR count). The predicted molar refractivity (Wildman–Crippen MR) is 59.7 cm³/mol. The molecule has 1 atom stereocenters. The van der Waals surface area contributed by atoms with Crippen LogP contribution in [0.25, 0.3) is 0 Å².